The zero-order valence-electron chi connectivity index (χ0n) is 12.8. The van der Waals surface area contributed by atoms with Gasteiger partial charge in [-0.3, -0.25) is 9.59 Å². The van der Waals surface area contributed by atoms with Gasteiger partial charge >= 0.3 is 0 Å². The Morgan fingerprint density at radius 1 is 1.36 bits per heavy atom. The second kappa shape index (κ2) is 6.25. The number of aryl methyl sites for hydroxylation is 1. The highest BCUT2D eigenvalue weighted by Gasteiger charge is 2.25. The molecule has 0 bridgehead atoms. The van der Waals surface area contributed by atoms with Gasteiger partial charge in [-0.25, -0.2) is 0 Å². The number of nitrogens with one attached hydrogen (secondary N) is 1. The molecule has 2 aliphatic rings. The highest BCUT2D eigenvalue weighted by molar-refractivity contribution is 5.88. The molecule has 0 unspecified atom stereocenters. The van der Waals surface area contributed by atoms with Gasteiger partial charge in [-0.2, -0.15) is 0 Å². The summed E-state index contributed by atoms with van der Waals surface area (Å²) in [6, 6.07) is 5.99. The van der Waals surface area contributed by atoms with E-state index in [1.807, 2.05) is 18.2 Å². The van der Waals surface area contributed by atoms with E-state index in [1.54, 1.807) is 12.0 Å². The predicted molar refractivity (Wildman–Crippen MR) is 83.1 cm³/mol. The smallest absolute Gasteiger partial charge is 0.242 e. The number of carbonyl (C=O) groups is 2. The summed E-state index contributed by atoms with van der Waals surface area (Å²) >= 11 is 0. The third-order valence-corrected chi connectivity index (χ3v) is 4.22. The predicted octanol–water partition coefficient (Wildman–Crippen LogP) is 0.406. The van der Waals surface area contributed by atoms with E-state index in [9.17, 15) is 9.59 Å². The van der Waals surface area contributed by atoms with Crippen LogP contribution in [-0.2, 0) is 16.0 Å². The maximum absolute atomic E-state index is 12.4. The number of ether oxygens (including phenoxy) is 1. The summed E-state index contributed by atoms with van der Waals surface area (Å²) in [6.45, 7) is 2.49. The van der Waals surface area contributed by atoms with Crippen LogP contribution in [0, 0.1) is 0 Å². The molecule has 6 nitrogen and oxygen atoms in total. The fourth-order valence-electron chi connectivity index (χ4n) is 3.06. The molecule has 6 heteroatoms. The lowest BCUT2D eigenvalue weighted by molar-refractivity contribution is -0.137. The van der Waals surface area contributed by atoms with Crippen LogP contribution in [0.25, 0.3) is 0 Å². The largest absolute Gasteiger partial charge is 0.497 e. The summed E-state index contributed by atoms with van der Waals surface area (Å²) in [4.78, 5) is 27.6. The van der Waals surface area contributed by atoms with Crippen LogP contribution in [0.5, 0.6) is 5.75 Å². The molecule has 0 aromatic heterocycles. The minimum absolute atomic E-state index is 0.0125. The number of carbonyl (C=O) groups excluding carboxylic acids is 2. The van der Waals surface area contributed by atoms with E-state index in [0.29, 0.717) is 19.6 Å². The molecule has 0 atom stereocenters. The number of piperazine rings is 1. The van der Waals surface area contributed by atoms with Crippen molar-refractivity contribution in [2.45, 2.75) is 12.8 Å². The van der Waals surface area contributed by atoms with E-state index < -0.39 is 0 Å². The Morgan fingerprint density at radius 2 is 2.23 bits per heavy atom. The second-order valence-corrected chi connectivity index (χ2v) is 5.68. The number of hydrogen-bond acceptors (Lipinski definition) is 4. The first-order valence-corrected chi connectivity index (χ1v) is 7.63. The van der Waals surface area contributed by atoms with E-state index in [-0.39, 0.29) is 18.4 Å². The molecule has 2 amide bonds. The van der Waals surface area contributed by atoms with E-state index in [1.165, 1.54) is 5.56 Å². The van der Waals surface area contributed by atoms with Crippen molar-refractivity contribution in [1.29, 1.82) is 0 Å². The number of rotatable bonds is 3. The molecule has 22 heavy (non-hydrogen) atoms. The van der Waals surface area contributed by atoms with Gasteiger partial charge < -0.3 is 19.9 Å². The summed E-state index contributed by atoms with van der Waals surface area (Å²) < 4.78 is 5.27. The van der Waals surface area contributed by atoms with Crippen LogP contribution in [-0.4, -0.2) is 56.5 Å². The summed E-state index contributed by atoms with van der Waals surface area (Å²) in [5.41, 5.74) is 2.32. The van der Waals surface area contributed by atoms with Crippen molar-refractivity contribution in [3.63, 3.8) is 0 Å². The zero-order valence-corrected chi connectivity index (χ0v) is 12.8. The first kappa shape index (κ1) is 14.7. The SMILES string of the molecule is COc1ccc2c(c1)CCCN2CC(=O)N1CCNC(=O)C1. The normalized spacial score (nSPS) is 17.8. The van der Waals surface area contributed by atoms with Crippen LogP contribution in [0.1, 0.15) is 12.0 Å². The van der Waals surface area contributed by atoms with Crippen LogP contribution in [0.2, 0.25) is 0 Å². The van der Waals surface area contributed by atoms with Gasteiger partial charge in [0.1, 0.15) is 5.75 Å². The second-order valence-electron chi connectivity index (χ2n) is 5.68. The van der Waals surface area contributed by atoms with E-state index >= 15 is 0 Å². The Hall–Kier alpha value is -2.24. The molecule has 1 N–H and O–H groups in total. The van der Waals surface area contributed by atoms with Crippen molar-refractivity contribution >= 4 is 17.5 Å². The fraction of sp³-hybridized carbons (Fsp3) is 0.500. The molecule has 1 fully saturated rings. The molecule has 0 aliphatic carbocycles. The third-order valence-electron chi connectivity index (χ3n) is 4.22. The number of hydrogen-bond donors (Lipinski definition) is 1. The third kappa shape index (κ3) is 3.00. The van der Waals surface area contributed by atoms with Gasteiger partial charge in [0, 0.05) is 25.3 Å². The molecule has 0 radical (unpaired) electrons. The number of fused-ring (bicyclic) bond motifs is 1. The topological polar surface area (TPSA) is 61.9 Å². The van der Waals surface area contributed by atoms with Gasteiger partial charge in [0.05, 0.1) is 20.2 Å². The lowest BCUT2D eigenvalue weighted by atomic mass is 10.0. The van der Waals surface area contributed by atoms with Crippen LogP contribution in [0.3, 0.4) is 0 Å². The Balaban J connectivity index is 1.71. The quantitative estimate of drug-likeness (QED) is 0.878. The van der Waals surface area contributed by atoms with Gasteiger partial charge in [0.25, 0.3) is 0 Å². The standard InChI is InChI=1S/C16H21N3O3/c1-22-13-4-5-14-12(9-13)3-2-7-18(14)11-16(21)19-8-6-17-15(20)10-19/h4-5,9H,2-3,6-8,10-11H2,1H3,(H,17,20). The monoisotopic (exact) mass is 303 g/mol. The molecule has 0 saturated carbocycles. The van der Waals surface area contributed by atoms with Crippen LogP contribution < -0.4 is 15.0 Å². The van der Waals surface area contributed by atoms with Gasteiger partial charge in [-0.15, -0.1) is 0 Å². The lowest BCUT2D eigenvalue weighted by Gasteiger charge is -2.34. The Bertz CT molecular complexity index is 588. The fourth-order valence-corrected chi connectivity index (χ4v) is 3.06. The Morgan fingerprint density at radius 3 is 3.00 bits per heavy atom. The lowest BCUT2D eigenvalue weighted by Crippen LogP contribution is -2.52. The number of benzene rings is 1. The van der Waals surface area contributed by atoms with Crippen molar-refractivity contribution in [3.05, 3.63) is 23.8 Å². The summed E-state index contributed by atoms with van der Waals surface area (Å²) in [6.07, 6.45) is 2.03. The molecule has 1 aromatic rings. The molecule has 3 rings (SSSR count). The Labute approximate surface area is 130 Å². The van der Waals surface area contributed by atoms with Gasteiger partial charge in [0.15, 0.2) is 0 Å². The molecule has 1 saturated heterocycles. The van der Waals surface area contributed by atoms with Crippen molar-refractivity contribution < 1.29 is 14.3 Å². The average Bonchev–Trinajstić information content (AvgIpc) is 2.54. The maximum atomic E-state index is 12.4. The first-order chi connectivity index (χ1) is 10.7. The molecule has 1 aromatic carbocycles. The van der Waals surface area contributed by atoms with Crippen LogP contribution in [0.15, 0.2) is 18.2 Å². The minimum Gasteiger partial charge on any atom is -0.497 e. The van der Waals surface area contributed by atoms with Gasteiger partial charge in [-0.05, 0) is 36.6 Å². The van der Waals surface area contributed by atoms with Crippen LogP contribution in [0.4, 0.5) is 5.69 Å². The molecule has 118 valence electrons. The molecule has 0 spiro atoms. The van der Waals surface area contributed by atoms with E-state index in [4.69, 9.17) is 4.74 Å². The van der Waals surface area contributed by atoms with Crippen molar-refractivity contribution in [1.82, 2.24) is 10.2 Å². The first-order valence-electron chi connectivity index (χ1n) is 7.63. The van der Waals surface area contributed by atoms with Crippen LogP contribution >= 0.6 is 0 Å². The maximum Gasteiger partial charge on any atom is 0.242 e. The van der Waals surface area contributed by atoms with E-state index in [0.717, 1.165) is 30.8 Å². The number of anilines is 1. The molecular weight excluding hydrogens is 282 g/mol. The van der Waals surface area contributed by atoms with Crippen molar-refractivity contribution in [2.75, 3.05) is 44.7 Å². The highest BCUT2D eigenvalue weighted by Crippen LogP contribution is 2.30. The number of amides is 2. The average molecular weight is 303 g/mol. The summed E-state index contributed by atoms with van der Waals surface area (Å²) in [7, 11) is 1.66. The highest BCUT2D eigenvalue weighted by atomic mass is 16.5. The van der Waals surface area contributed by atoms with E-state index in [2.05, 4.69) is 10.2 Å². The Kier molecular flexibility index (Phi) is 4.18. The van der Waals surface area contributed by atoms with Gasteiger partial charge in [-0.1, -0.05) is 0 Å². The molecule has 2 heterocycles. The van der Waals surface area contributed by atoms with Crippen molar-refractivity contribution in [2.24, 2.45) is 0 Å². The molecule has 2 aliphatic heterocycles. The summed E-state index contributed by atoms with van der Waals surface area (Å²) in [5.74, 6) is 0.779. The number of nitrogens with zero attached hydrogens (tertiary/aromatic N) is 2. The van der Waals surface area contributed by atoms with Gasteiger partial charge in [0.2, 0.25) is 11.8 Å². The zero-order chi connectivity index (χ0) is 15.5. The number of methoxy groups -OCH3 is 1. The minimum atomic E-state index is -0.0802. The van der Waals surface area contributed by atoms with Crippen molar-refractivity contribution in [3.8, 4) is 5.75 Å². The molecular formula is C16H21N3O3. The summed E-state index contributed by atoms with van der Waals surface area (Å²) in [5, 5.41) is 2.74.